The number of hydrogen-bond acceptors (Lipinski definition) is 4. The molecule has 3 aliphatic heterocycles. The van der Waals surface area contributed by atoms with Gasteiger partial charge in [-0.3, -0.25) is 14.3 Å². The second-order valence-corrected chi connectivity index (χ2v) is 7.61. The number of nitrogens with one attached hydrogen (secondary N) is 2. The first-order valence-electron chi connectivity index (χ1n) is 9.67. The molecule has 140 valence electrons. The second-order valence-electron chi connectivity index (χ2n) is 7.61. The Kier molecular flexibility index (Phi) is 3.97. The highest BCUT2D eigenvalue weighted by Gasteiger charge is 2.28. The van der Waals surface area contributed by atoms with Gasteiger partial charge in [-0.05, 0) is 43.0 Å². The Morgan fingerprint density at radius 3 is 2.81 bits per heavy atom. The molecule has 5 rings (SSSR count). The van der Waals surface area contributed by atoms with E-state index in [4.69, 9.17) is 0 Å². The third kappa shape index (κ3) is 2.92. The van der Waals surface area contributed by atoms with E-state index in [0.717, 1.165) is 50.3 Å². The fraction of sp³-hybridized carbons (Fsp3) is 0.450. The second kappa shape index (κ2) is 6.49. The molecule has 2 aromatic rings. The smallest absolute Gasteiger partial charge is 0.253 e. The molecule has 27 heavy (non-hydrogen) atoms. The summed E-state index contributed by atoms with van der Waals surface area (Å²) in [6.07, 6.45) is 5.02. The van der Waals surface area contributed by atoms with Gasteiger partial charge in [-0.15, -0.1) is 0 Å². The summed E-state index contributed by atoms with van der Waals surface area (Å²) < 4.78 is 2.17. The van der Waals surface area contributed by atoms with Crippen molar-refractivity contribution in [2.75, 3.05) is 18.4 Å². The molecule has 7 nitrogen and oxygen atoms in total. The van der Waals surface area contributed by atoms with E-state index in [-0.39, 0.29) is 11.8 Å². The number of carbonyl (C=O) groups is 2. The van der Waals surface area contributed by atoms with E-state index in [2.05, 4.69) is 20.4 Å². The molecule has 0 saturated carbocycles. The molecule has 2 N–H and O–H groups in total. The molecular weight excluding hydrogens is 342 g/mol. The molecule has 0 unspecified atom stereocenters. The van der Waals surface area contributed by atoms with Crippen molar-refractivity contribution in [3.05, 3.63) is 46.8 Å². The lowest BCUT2D eigenvalue weighted by Crippen LogP contribution is -2.39. The van der Waals surface area contributed by atoms with E-state index in [1.807, 2.05) is 29.3 Å². The first kappa shape index (κ1) is 16.5. The van der Waals surface area contributed by atoms with Gasteiger partial charge in [0.15, 0.2) is 0 Å². The minimum absolute atomic E-state index is 0.0453. The maximum atomic E-state index is 12.9. The molecule has 0 spiro atoms. The van der Waals surface area contributed by atoms with E-state index in [1.165, 1.54) is 11.3 Å². The van der Waals surface area contributed by atoms with Crippen LogP contribution in [0.25, 0.3) is 0 Å². The Morgan fingerprint density at radius 2 is 1.96 bits per heavy atom. The van der Waals surface area contributed by atoms with Crippen LogP contribution in [0.4, 0.5) is 5.69 Å². The van der Waals surface area contributed by atoms with E-state index in [0.29, 0.717) is 24.4 Å². The summed E-state index contributed by atoms with van der Waals surface area (Å²) in [4.78, 5) is 26.4. The summed E-state index contributed by atoms with van der Waals surface area (Å²) >= 11 is 0. The van der Waals surface area contributed by atoms with Crippen LogP contribution in [0, 0.1) is 0 Å². The fourth-order valence-corrected chi connectivity index (χ4v) is 4.41. The molecule has 1 saturated heterocycles. The number of hydrogen-bond donors (Lipinski definition) is 2. The van der Waals surface area contributed by atoms with Gasteiger partial charge in [-0.2, -0.15) is 5.10 Å². The maximum absolute atomic E-state index is 12.9. The van der Waals surface area contributed by atoms with Crippen LogP contribution < -0.4 is 10.6 Å². The van der Waals surface area contributed by atoms with Crippen LogP contribution >= 0.6 is 0 Å². The van der Waals surface area contributed by atoms with Crippen molar-refractivity contribution in [2.45, 2.75) is 44.8 Å². The summed E-state index contributed by atoms with van der Waals surface area (Å²) in [7, 11) is 0. The first-order chi connectivity index (χ1) is 13.2. The summed E-state index contributed by atoms with van der Waals surface area (Å²) in [6.45, 7) is 3.30. The van der Waals surface area contributed by atoms with Crippen LogP contribution in [0.3, 0.4) is 0 Å². The van der Waals surface area contributed by atoms with Crippen molar-refractivity contribution < 1.29 is 9.59 Å². The van der Waals surface area contributed by atoms with Gasteiger partial charge >= 0.3 is 0 Å². The number of aromatic nitrogens is 2. The van der Waals surface area contributed by atoms with Gasteiger partial charge in [0, 0.05) is 49.4 Å². The van der Waals surface area contributed by atoms with Crippen LogP contribution in [0.5, 0.6) is 0 Å². The standard InChI is InChI=1S/C20H23N5O2/c26-19-4-2-13-9-14(1-3-17(13)23-19)20(27)24-7-5-16(6-8-24)25-18-12-21-10-15(18)11-22-25/h1,3,9,11,16,21H,2,4-8,10,12H2,(H,23,26). The minimum atomic E-state index is 0.0453. The molecule has 4 heterocycles. The maximum Gasteiger partial charge on any atom is 0.253 e. The largest absolute Gasteiger partial charge is 0.338 e. The van der Waals surface area contributed by atoms with E-state index in [1.54, 1.807) is 0 Å². The van der Waals surface area contributed by atoms with Crippen molar-refractivity contribution in [3.8, 4) is 0 Å². The number of likely N-dealkylation sites (tertiary alicyclic amines) is 1. The van der Waals surface area contributed by atoms with E-state index < -0.39 is 0 Å². The molecule has 1 aromatic carbocycles. The Balaban J connectivity index is 1.27. The molecule has 1 fully saturated rings. The molecule has 0 radical (unpaired) electrons. The Morgan fingerprint density at radius 1 is 1.11 bits per heavy atom. The normalized spacial score (nSPS) is 19.6. The van der Waals surface area contributed by atoms with Gasteiger partial charge in [0.2, 0.25) is 5.91 Å². The van der Waals surface area contributed by atoms with Gasteiger partial charge < -0.3 is 15.5 Å². The van der Waals surface area contributed by atoms with Crippen molar-refractivity contribution in [2.24, 2.45) is 0 Å². The number of rotatable bonds is 2. The predicted octanol–water partition coefficient (Wildman–Crippen LogP) is 1.85. The molecular formula is C20H23N5O2. The van der Waals surface area contributed by atoms with Crippen molar-refractivity contribution in [1.82, 2.24) is 20.0 Å². The van der Waals surface area contributed by atoms with Gasteiger partial charge in [-0.25, -0.2) is 0 Å². The van der Waals surface area contributed by atoms with Crippen molar-refractivity contribution >= 4 is 17.5 Å². The number of nitrogens with zero attached hydrogens (tertiary/aromatic N) is 3. The lowest BCUT2D eigenvalue weighted by molar-refractivity contribution is -0.116. The fourth-order valence-electron chi connectivity index (χ4n) is 4.41. The Bertz CT molecular complexity index is 911. The Hall–Kier alpha value is -2.67. The van der Waals surface area contributed by atoms with Crippen molar-refractivity contribution in [3.63, 3.8) is 0 Å². The average Bonchev–Trinajstić information content (AvgIpc) is 3.31. The topological polar surface area (TPSA) is 79.3 Å². The highest BCUT2D eigenvalue weighted by Crippen LogP contribution is 2.28. The number of piperidine rings is 1. The number of amides is 2. The third-order valence-corrected chi connectivity index (χ3v) is 5.94. The Labute approximate surface area is 157 Å². The van der Waals surface area contributed by atoms with Crippen LogP contribution in [0.2, 0.25) is 0 Å². The molecule has 2 amide bonds. The third-order valence-electron chi connectivity index (χ3n) is 5.94. The monoisotopic (exact) mass is 365 g/mol. The molecule has 7 heteroatoms. The number of anilines is 1. The molecule has 3 aliphatic rings. The first-order valence-corrected chi connectivity index (χ1v) is 9.67. The molecule has 0 atom stereocenters. The van der Waals surface area contributed by atoms with Gasteiger partial charge in [0.05, 0.1) is 17.9 Å². The van der Waals surface area contributed by atoms with Gasteiger partial charge in [0.1, 0.15) is 0 Å². The van der Waals surface area contributed by atoms with E-state index >= 15 is 0 Å². The van der Waals surface area contributed by atoms with Crippen LogP contribution in [0.15, 0.2) is 24.4 Å². The minimum Gasteiger partial charge on any atom is -0.338 e. The SMILES string of the molecule is O=C1CCc2cc(C(=O)N3CCC(n4ncc5c4CNC5)CC3)ccc2N1. The highest BCUT2D eigenvalue weighted by molar-refractivity contribution is 5.98. The zero-order valence-electron chi connectivity index (χ0n) is 15.2. The lowest BCUT2D eigenvalue weighted by atomic mass is 9.99. The summed E-state index contributed by atoms with van der Waals surface area (Å²) in [5.74, 6) is 0.129. The van der Waals surface area contributed by atoms with Crippen LogP contribution in [-0.4, -0.2) is 39.6 Å². The zero-order chi connectivity index (χ0) is 18.4. The summed E-state index contributed by atoms with van der Waals surface area (Å²) in [5, 5.41) is 10.8. The highest BCUT2D eigenvalue weighted by atomic mass is 16.2. The quantitative estimate of drug-likeness (QED) is 0.851. The van der Waals surface area contributed by atoms with Crippen LogP contribution in [-0.2, 0) is 24.3 Å². The number of benzene rings is 1. The van der Waals surface area contributed by atoms with Gasteiger partial charge in [-0.1, -0.05) is 0 Å². The molecule has 1 aromatic heterocycles. The predicted molar refractivity (Wildman–Crippen MR) is 100 cm³/mol. The number of fused-ring (bicyclic) bond motifs is 2. The molecule has 0 aliphatic carbocycles. The van der Waals surface area contributed by atoms with E-state index in [9.17, 15) is 9.59 Å². The number of aryl methyl sites for hydroxylation is 1. The summed E-state index contributed by atoms with van der Waals surface area (Å²) in [5.41, 5.74) is 5.20. The molecule has 0 bridgehead atoms. The lowest BCUT2D eigenvalue weighted by Gasteiger charge is -2.33. The van der Waals surface area contributed by atoms with Gasteiger partial charge in [0.25, 0.3) is 5.91 Å². The van der Waals surface area contributed by atoms with Crippen LogP contribution in [0.1, 0.15) is 52.5 Å². The zero-order valence-corrected chi connectivity index (χ0v) is 15.2. The average molecular weight is 365 g/mol. The summed E-state index contributed by atoms with van der Waals surface area (Å²) in [6, 6.07) is 5.99. The van der Waals surface area contributed by atoms with Crippen molar-refractivity contribution in [1.29, 1.82) is 0 Å². The number of carbonyl (C=O) groups excluding carboxylic acids is 2.